The van der Waals surface area contributed by atoms with Crippen LogP contribution in [-0.4, -0.2) is 15.9 Å². The minimum Gasteiger partial charge on any atom is -0.344 e. The first-order valence-corrected chi connectivity index (χ1v) is 5.98. The van der Waals surface area contributed by atoms with Gasteiger partial charge in [-0.05, 0) is 24.6 Å². The van der Waals surface area contributed by atoms with Crippen LogP contribution in [0.3, 0.4) is 0 Å². The molecule has 0 bridgehead atoms. The summed E-state index contributed by atoms with van der Waals surface area (Å²) in [5.41, 5.74) is 0.791. The van der Waals surface area contributed by atoms with E-state index >= 15 is 0 Å². The Balaban J connectivity index is 2.11. The van der Waals surface area contributed by atoms with E-state index in [0.29, 0.717) is 5.56 Å². The first kappa shape index (κ1) is 13.4. The summed E-state index contributed by atoms with van der Waals surface area (Å²) in [5, 5.41) is 2.84. The maximum atomic E-state index is 13.1. The average molecular weight is 280 g/mol. The summed E-state index contributed by atoms with van der Waals surface area (Å²) in [6.07, 6.45) is 2.66. The molecular weight excluding hydrogens is 269 g/mol. The number of carbonyl (C=O) groups excluding carboxylic acids is 1. The van der Waals surface area contributed by atoms with Crippen molar-refractivity contribution >= 4 is 17.5 Å². The fraction of sp³-hybridized carbons (Fsp3) is 0.154. The zero-order valence-electron chi connectivity index (χ0n) is 10.1. The summed E-state index contributed by atoms with van der Waals surface area (Å²) < 4.78 is 13.1. The van der Waals surface area contributed by atoms with Crippen LogP contribution in [0.15, 0.2) is 36.7 Å². The highest BCUT2D eigenvalue weighted by atomic mass is 35.5. The molecule has 0 saturated heterocycles. The van der Waals surface area contributed by atoms with Crippen LogP contribution in [-0.2, 0) is 0 Å². The molecule has 2 rings (SSSR count). The van der Waals surface area contributed by atoms with Crippen LogP contribution in [0, 0.1) is 5.82 Å². The van der Waals surface area contributed by atoms with E-state index < -0.39 is 5.91 Å². The number of rotatable bonds is 3. The smallest absolute Gasteiger partial charge is 0.272 e. The second kappa shape index (κ2) is 5.75. The lowest BCUT2D eigenvalue weighted by atomic mass is 10.1. The number of nitrogens with one attached hydrogen (secondary N) is 1. The molecule has 4 nitrogen and oxygen atoms in total. The van der Waals surface area contributed by atoms with E-state index in [1.54, 1.807) is 19.1 Å². The van der Waals surface area contributed by atoms with Crippen LogP contribution in [0.5, 0.6) is 0 Å². The number of carbonyl (C=O) groups is 1. The van der Waals surface area contributed by atoms with Gasteiger partial charge in [0.1, 0.15) is 16.7 Å². The van der Waals surface area contributed by atoms with Gasteiger partial charge in [-0.15, -0.1) is 0 Å². The Morgan fingerprint density at radius 2 is 2.21 bits per heavy atom. The Morgan fingerprint density at radius 3 is 2.89 bits per heavy atom. The van der Waals surface area contributed by atoms with Gasteiger partial charge in [-0.25, -0.2) is 9.37 Å². The van der Waals surface area contributed by atoms with Crippen LogP contribution < -0.4 is 5.32 Å². The highest BCUT2D eigenvalue weighted by Gasteiger charge is 2.13. The summed E-state index contributed by atoms with van der Waals surface area (Å²) in [5.74, 6) is -0.757. The standard InChI is InChI=1S/C13H11ClFN3O/c1-8(9-3-2-4-10(15)5-9)17-13(19)11-6-16-7-12(14)18-11/h2-8H,1H3,(H,17,19). The minimum absolute atomic E-state index is 0.121. The lowest BCUT2D eigenvalue weighted by molar-refractivity contribution is 0.0934. The molecule has 0 aliphatic heterocycles. The number of amides is 1. The van der Waals surface area contributed by atoms with Gasteiger partial charge >= 0.3 is 0 Å². The molecule has 0 fully saturated rings. The third-order valence-electron chi connectivity index (χ3n) is 2.53. The summed E-state index contributed by atoms with van der Waals surface area (Å²) in [7, 11) is 0. The quantitative estimate of drug-likeness (QED) is 0.940. The summed E-state index contributed by atoms with van der Waals surface area (Å²) in [6, 6.07) is 5.70. The maximum absolute atomic E-state index is 13.1. The topological polar surface area (TPSA) is 54.9 Å². The molecule has 6 heteroatoms. The van der Waals surface area contributed by atoms with E-state index in [1.807, 2.05) is 0 Å². The molecule has 0 saturated carbocycles. The maximum Gasteiger partial charge on any atom is 0.272 e. The summed E-state index contributed by atoms with van der Waals surface area (Å²) >= 11 is 5.66. The zero-order chi connectivity index (χ0) is 13.8. The second-order valence-electron chi connectivity index (χ2n) is 3.98. The molecule has 1 aromatic heterocycles. The van der Waals surface area contributed by atoms with Gasteiger partial charge in [-0.1, -0.05) is 23.7 Å². The van der Waals surface area contributed by atoms with E-state index in [2.05, 4.69) is 15.3 Å². The van der Waals surface area contributed by atoms with Crippen LogP contribution in [0.25, 0.3) is 0 Å². The molecular formula is C13H11ClFN3O. The van der Waals surface area contributed by atoms with E-state index in [0.717, 1.165) is 0 Å². The zero-order valence-corrected chi connectivity index (χ0v) is 10.9. The Kier molecular flexibility index (Phi) is 4.06. The minimum atomic E-state index is -0.410. The number of hydrogen-bond donors (Lipinski definition) is 1. The molecule has 0 radical (unpaired) electrons. The molecule has 1 aromatic carbocycles. The van der Waals surface area contributed by atoms with Crippen LogP contribution >= 0.6 is 11.6 Å². The average Bonchev–Trinajstić information content (AvgIpc) is 2.38. The molecule has 1 unspecified atom stereocenters. The number of halogens is 2. The fourth-order valence-corrected chi connectivity index (χ4v) is 1.73. The van der Waals surface area contributed by atoms with E-state index in [4.69, 9.17) is 11.6 Å². The normalized spacial score (nSPS) is 11.9. The first-order chi connectivity index (χ1) is 9.06. The van der Waals surface area contributed by atoms with Crippen molar-refractivity contribution in [3.05, 3.63) is 58.9 Å². The molecule has 0 aliphatic rings. The second-order valence-corrected chi connectivity index (χ2v) is 4.36. The van der Waals surface area contributed by atoms with Gasteiger partial charge in [-0.2, -0.15) is 0 Å². The van der Waals surface area contributed by atoms with Gasteiger partial charge in [0.2, 0.25) is 0 Å². The van der Waals surface area contributed by atoms with E-state index in [1.165, 1.54) is 24.5 Å². The number of nitrogens with zero attached hydrogens (tertiary/aromatic N) is 2. The van der Waals surface area contributed by atoms with Crippen molar-refractivity contribution in [2.24, 2.45) is 0 Å². The van der Waals surface area contributed by atoms with Crippen molar-refractivity contribution in [2.75, 3.05) is 0 Å². The summed E-state index contributed by atoms with van der Waals surface area (Å²) in [4.78, 5) is 19.5. The number of aromatic nitrogens is 2. The highest BCUT2D eigenvalue weighted by molar-refractivity contribution is 6.29. The Hall–Kier alpha value is -2.01. The largest absolute Gasteiger partial charge is 0.344 e. The molecule has 0 aliphatic carbocycles. The molecule has 98 valence electrons. The molecule has 0 spiro atoms. The van der Waals surface area contributed by atoms with Gasteiger partial charge in [0.05, 0.1) is 18.4 Å². The van der Waals surface area contributed by atoms with Crippen LogP contribution in [0.2, 0.25) is 5.15 Å². The highest BCUT2D eigenvalue weighted by Crippen LogP contribution is 2.14. The van der Waals surface area contributed by atoms with Gasteiger partial charge in [0.15, 0.2) is 0 Å². The number of hydrogen-bond acceptors (Lipinski definition) is 3. The predicted octanol–water partition coefficient (Wildman–Crippen LogP) is 2.76. The van der Waals surface area contributed by atoms with Crippen molar-refractivity contribution in [3.63, 3.8) is 0 Å². The van der Waals surface area contributed by atoms with Crippen molar-refractivity contribution in [2.45, 2.75) is 13.0 Å². The Labute approximate surface area is 114 Å². The van der Waals surface area contributed by atoms with E-state index in [9.17, 15) is 9.18 Å². The monoisotopic (exact) mass is 279 g/mol. The number of benzene rings is 1. The van der Waals surface area contributed by atoms with Crippen LogP contribution in [0.1, 0.15) is 29.0 Å². The third-order valence-corrected chi connectivity index (χ3v) is 2.72. The summed E-state index contributed by atoms with van der Waals surface area (Å²) in [6.45, 7) is 1.75. The third kappa shape index (κ3) is 3.48. The molecule has 1 atom stereocenters. The Bertz CT molecular complexity index is 606. The molecule has 19 heavy (non-hydrogen) atoms. The predicted molar refractivity (Wildman–Crippen MR) is 69.3 cm³/mol. The molecule has 2 aromatic rings. The lowest BCUT2D eigenvalue weighted by Gasteiger charge is -2.13. The van der Waals surface area contributed by atoms with Crippen molar-refractivity contribution in [1.82, 2.24) is 15.3 Å². The lowest BCUT2D eigenvalue weighted by Crippen LogP contribution is -2.27. The molecule has 1 N–H and O–H groups in total. The fourth-order valence-electron chi connectivity index (χ4n) is 1.58. The van der Waals surface area contributed by atoms with Crippen molar-refractivity contribution in [3.8, 4) is 0 Å². The van der Waals surface area contributed by atoms with Gasteiger partial charge in [0.25, 0.3) is 5.91 Å². The Morgan fingerprint density at radius 1 is 1.42 bits per heavy atom. The first-order valence-electron chi connectivity index (χ1n) is 5.60. The SMILES string of the molecule is CC(NC(=O)c1cncc(Cl)n1)c1cccc(F)c1. The van der Waals surface area contributed by atoms with Gasteiger partial charge < -0.3 is 5.32 Å². The molecule has 1 heterocycles. The van der Waals surface area contributed by atoms with Crippen molar-refractivity contribution < 1.29 is 9.18 Å². The van der Waals surface area contributed by atoms with Crippen LogP contribution in [0.4, 0.5) is 4.39 Å². The van der Waals surface area contributed by atoms with Gasteiger partial charge in [-0.3, -0.25) is 9.78 Å². The van der Waals surface area contributed by atoms with Gasteiger partial charge in [0, 0.05) is 0 Å². The molecule has 1 amide bonds. The van der Waals surface area contributed by atoms with Crippen molar-refractivity contribution in [1.29, 1.82) is 0 Å². The van der Waals surface area contributed by atoms with E-state index in [-0.39, 0.29) is 22.7 Å².